The summed E-state index contributed by atoms with van der Waals surface area (Å²) in [6.45, 7) is 0. The summed E-state index contributed by atoms with van der Waals surface area (Å²) in [6.07, 6.45) is 3.28. The first-order valence-electron chi connectivity index (χ1n) is 6.36. The molecule has 6 heteroatoms. The van der Waals surface area contributed by atoms with Gasteiger partial charge in [0, 0.05) is 18.5 Å². The minimum atomic E-state index is -0.166. The molecule has 5 nitrogen and oxygen atoms in total. The van der Waals surface area contributed by atoms with Gasteiger partial charge in [0.25, 0.3) is 0 Å². The molecule has 0 radical (unpaired) electrons. The predicted octanol–water partition coefficient (Wildman–Crippen LogP) is 2.03. The molecule has 1 fully saturated rings. The Balaban J connectivity index is 2.09. The summed E-state index contributed by atoms with van der Waals surface area (Å²) < 4.78 is 0. The van der Waals surface area contributed by atoms with Gasteiger partial charge in [-0.25, -0.2) is 0 Å². The molecule has 0 unspecified atom stereocenters. The third kappa shape index (κ3) is 3.39. The molecule has 2 rings (SSSR count). The van der Waals surface area contributed by atoms with E-state index in [1.54, 1.807) is 24.3 Å². The number of benzene rings is 1. The fourth-order valence-corrected chi connectivity index (χ4v) is 2.40. The van der Waals surface area contributed by atoms with E-state index >= 15 is 0 Å². The zero-order valence-corrected chi connectivity index (χ0v) is 12.0. The second-order valence-corrected chi connectivity index (χ2v) is 5.37. The third-order valence-corrected chi connectivity index (χ3v) is 3.52. The van der Waals surface area contributed by atoms with Crippen LogP contribution in [0.2, 0.25) is 0 Å². The monoisotopic (exact) mass is 292 g/mol. The molecule has 0 atom stereocenters. The van der Waals surface area contributed by atoms with Gasteiger partial charge in [0.1, 0.15) is 0 Å². The van der Waals surface area contributed by atoms with Gasteiger partial charge in [-0.3, -0.25) is 19.3 Å². The fraction of sp³-hybridized carbons (Fsp3) is 0.357. The molecule has 1 aromatic rings. The molecule has 0 aromatic heterocycles. The lowest BCUT2D eigenvalue weighted by Gasteiger charge is -2.24. The number of carbonyl (C=O) groups is 3. The lowest BCUT2D eigenvalue weighted by atomic mass is 10.1. The molecule has 0 spiro atoms. The fourth-order valence-electron chi connectivity index (χ4n) is 2.06. The molecule has 1 aromatic carbocycles. The summed E-state index contributed by atoms with van der Waals surface area (Å²) in [5.74, 6) is -0.0126. The molecule has 1 aliphatic rings. The van der Waals surface area contributed by atoms with Gasteiger partial charge in [0.05, 0.1) is 11.4 Å². The van der Waals surface area contributed by atoms with Gasteiger partial charge in [-0.05, 0) is 36.9 Å². The summed E-state index contributed by atoms with van der Waals surface area (Å²) in [4.78, 5) is 36.2. The highest BCUT2D eigenvalue weighted by molar-refractivity contribution is 7.99. The number of imide groups is 1. The number of nitrogens with zero attached hydrogens (tertiary/aromatic N) is 1. The molecule has 0 aliphatic carbocycles. The van der Waals surface area contributed by atoms with Gasteiger partial charge in [0.15, 0.2) is 0 Å². The number of piperidine rings is 1. The molecule has 3 amide bonds. The van der Waals surface area contributed by atoms with Crippen LogP contribution < -0.4 is 10.2 Å². The quantitative estimate of drug-likeness (QED) is 0.862. The number of carbonyl (C=O) groups excluding carboxylic acids is 3. The van der Waals surface area contributed by atoms with Crippen LogP contribution in [0.1, 0.15) is 19.3 Å². The first kappa shape index (κ1) is 14.6. The van der Waals surface area contributed by atoms with Crippen molar-refractivity contribution in [3.8, 4) is 0 Å². The predicted molar refractivity (Wildman–Crippen MR) is 79.8 cm³/mol. The van der Waals surface area contributed by atoms with Crippen molar-refractivity contribution in [2.24, 2.45) is 0 Å². The standard InChI is InChI=1S/C14H16N2O3S/c1-20-9-12(17)15-10-5-7-11(8-6-10)16-13(18)3-2-4-14(16)19/h5-8H,2-4,9H2,1H3,(H,15,17). The van der Waals surface area contributed by atoms with Gasteiger partial charge >= 0.3 is 0 Å². The zero-order chi connectivity index (χ0) is 14.5. The van der Waals surface area contributed by atoms with Crippen LogP contribution >= 0.6 is 11.8 Å². The van der Waals surface area contributed by atoms with Gasteiger partial charge in [-0.2, -0.15) is 11.8 Å². The van der Waals surface area contributed by atoms with Crippen molar-refractivity contribution < 1.29 is 14.4 Å². The van der Waals surface area contributed by atoms with Gasteiger partial charge < -0.3 is 5.32 Å². The van der Waals surface area contributed by atoms with E-state index in [-0.39, 0.29) is 17.7 Å². The van der Waals surface area contributed by atoms with E-state index in [2.05, 4.69) is 5.32 Å². The molecule has 0 saturated carbocycles. The first-order valence-corrected chi connectivity index (χ1v) is 7.76. The summed E-state index contributed by atoms with van der Waals surface area (Å²) in [5, 5.41) is 2.75. The summed E-state index contributed by atoms with van der Waals surface area (Å²) in [6, 6.07) is 6.75. The van der Waals surface area contributed by atoms with Crippen molar-refractivity contribution in [3.05, 3.63) is 24.3 Å². The van der Waals surface area contributed by atoms with E-state index in [9.17, 15) is 14.4 Å². The maximum atomic E-state index is 11.8. The molecule has 106 valence electrons. The average molecular weight is 292 g/mol. The molecule has 1 saturated heterocycles. The Morgan fingerprint density at radius 1 is 1.20 bits per heavy atom. The van der Waals surface area contributed by atoms with Crippen LogP contribution in [-0.2, 0) is 14.4 Å². The van der Waals surface area contributed by atoms with Crippen molar-refractivity contribution in [2.45, 2.75) is 19.3 Å². The highest BCUT2D eigenvalue weighted by Gasteiger charge is 2.27. The van der Waals surface area contributed by atoms with Crippen molar-refractivity contribution in [1.82, 2.24) is 0 Å². The van der Waals surface area contributed by atoms with Crippen LogP contribution in [0.25, 0.3) is 0 Å². The lowest BCUT2D eigenvalue weighted by Crippen LogP contribution is -2.40. The first-order chi connectivity index (χ1) is 9.61. The lowest BCUT2D eigenvalue weighted by molar-refractivity contribution is -0.129. The largest absolute Gasteiger partial charge is 0.325 e. The molecular formula is C14H16N2O3S. The van der Waals surface area contributed by atoms with Crippen LogP contribution in [0.5, 0.6) is 0 Å². The maximum absolute atomic E-state index is 11.8. The van der Waals surface area contributed by atoms with Gasteiger partial charge in [-0.1, -0.05) is 0 Å². The Hall–Kier alpha value is -1.82. The Bertz CT molecular complexity index is 512. The normalized spacial score (nSPS) is 15.3. The Kier molecular flexibility index (Phi) is 4.79. The zero-order valence-electron chi connectivity index (χ0n) is 11.2. The van der Waals surface area contributed by atoms with Crippen molar-refractivity contribution in [1.29, 1.82) is 0 Å². The second kappa shape index (κ2) is 6.56. The van der Waals surface area contributed by atoms with Gasteiger partial charge in [0.2, 0.25) is 17.7 Å². The molecular weight excluding hydrogens is 276 g/mol. The van der Waals surface area contributed by atoms with Crippen LogP contribution in [-0.4, -0.2) is 29.7 Å². The van der Waals surface area contributed by atoms with Crippen molar-refractivity contribution in [3.63, 3.8) is 0 Å². The maximum Gasteiger partial charge on any atom is 0.234 e. The Labute approximate surface area is 121 Å². The number of thioether (sulfide) groups is 1. The number of amides is 3. The minimum absolute atomic E-state index is 0.0737. The topological polar surface area (TPSA) is 66.5 Å². The number of hydrogen-bond acceptors (Lipinski definition) is 4. The molecule has 0 bridgehead atoms. The minimum Gasteiger partial charge on any atom is -0.325 e. The highest BCUT2D eigenvalue weighted by Crippen LogP contribution is 2.23. The number of anilines is 2. The van der Waals surface area contributed by atoms with Crippen molar-refractivity contribution in [2.75, 3.05) is 22.2 Å². The Morgan fingerprint density at radius 2 is 1.80 bits per heavy atom. The van der Waals surface area contributed by atoms with E-state index in [0.717, 1.165) is 0 Å². The summed E-state index contributed by atoms with van der Waals surface area (Å²) >= 11 is 1.45. The average Bonchev–Trinajstić information content (AvgIpc) is 2.40. The van der Waals surface area contributed by atoms with Crippen LogP contribution in [0, 0.1) is 0 Å². The SMILES string of the molecule is CSCC(=O)Nc1ccc(N2C(=O)CCCC2=O)cc1. The van der Waals surface area contributed by atoms with E-state index in [1.165, 1.54) is 16.7 Å². The number of hydrogen-bond donors (Lipinski definition) is 1. The third-order valence-electron chi connectivity index (χ3n) is 2.96. The van der Waals surface area contributed by atoms with Crippen LogP contribution in [0.15, 0.2) is 24.3 Å². The second-order valence-electron chi connectivity index (χ2n) is 4.50. The van der Waals surface area contributed by atoms with Crippen LogP contribution in [0.3, 0.4) is 0 Å². The van der Waals surface area contributed by atoms with E-state index in [1.807, 2.05) is 6.26 Å². The van der Waals surface area contributed by atoms with Gasteiger partial charge in [-0.15, -0.1) is 0 Å². The summed E-state index contributed by atoms with van der Waals surface area (Å²) in [7, 11) is 0. The van der Waals surface area contributed by atoms with E-state index in [0.29, 0.717) is 36.4 Å². The Morgan fingerprint density at radius 3 is 2.35 bits per heavy atom. The van der Waals surface area contributed by atoms with E-state index < -0.39 is 0 Å². The number of nitrogens with one attached hydrogen (secondary N) is 1. The smallest absolute Gasteiger partial charge is 0.234 e. The summed E-state index contributed by atoms with van der Waals surface area (Å²) in [5.41, 5.74) is 1.22. The van der Waals surface area contributed by atoms with Crippen molar-refractivity contribution >= 4 is 40.9 Å². The highest BCUT2D eigenvalue weighted by atomic mass is 32.2. The molecule has 1 N–H and O–H groups in total. The molecule has 20 heavy (non-hydrogen) atoms. The van der Waals surface area contributed by atoms with E-state index in [4.69, 9.17) is 0 Å². The molecule has 1 aliphatic heterocycles. The van der Waals surface area contributed by atoms with Crippen LogP contribution in [0.4, 0.5) is 11.4 Å². The molecule has 1 heterocycles. The number of rotatable bonds is 4.